The minimum Gasteiger partial charge on any atom is -0.320 e. The van der Waals surface area contributed by atoms with Gasteiger partial charge in [-0.3, -0.25) is 0 Å². The number of hydrogen-bond donors (Lipinski definition) is 2. The van der Waals surface area contributed by atoms with Crippen molar-refractivity contribution in [1.82, 2.24) is 0 Å². The lowest BCUT2D eigenvalue weighted by Crippen LogP contribution is -2.22. The summed E-state index contributed by atoms with van der Waals surface area (Å²) in [6.07, 6.45) is 0. The Morgan fingerprint density at radius 2 is 0.821 bits per heavy atom. The standard InChI is InChI=1S/C26H32N2/c1-15-11-17(3)23(18(4)12-15)25(27)21-9-7-8-10-22(21)26(28)24-19(5)13-16(2)14-20(24)6/h7-14,25-26H,27-28H2,1-6H3. The molecule has 0 spiro atoms. The maximum Gasteiger partial charge on any atom is 0.0560 e. The van der Waals surface area contributed by atoms with Crippen LogP contribution in [0.5, 0.6) is 0 Å². The molecule has 3 aromatic carbocycles. The van der Waals surface area contributed by atoms with Crippen LogP contribution in [-0.2, 0) is 0 Å². The second-order valence-corrected chi connectivity index (χ2v) is 8.21. The van der Waals surface area contributed by atoms with E-state index in [0.717, 1.165) is 11.1 Å². The SMILES string of the molecule is Cc1cc(C)c(C(N)c2ccccc2C(N)c2c(C)cc(C)cc2C)c(C)c1. The molecule has 0 aliphatic carbocycles. The van der Waals surface area contributed by atoms with Crippen LogP contribution >= 0.6 is 0 Å². The lowest BCUT2D eigenvalue weighted by molar-refractivity contribution is 0.782. The van der Waals surface area contributed by atoms with Gasteiger partial charge in [-0.1, -0.05) is 59.7 Å². The van der Waals surface area contributed by atoms with E-state index in [1.165, 1.54) is 44.5 Å². The molecule has 28 heavy (non-hydrogen) atoms. The number of rotatable bonds is 4. The van der Waals surface area contributed by atoms with Crippen molar-refractivity contribution in [2.24, 2.45) is 11.5 Å². The highest BCUT2D eigenvalue weighted by Gasteiger charge is 2.22. The molecule has 2 nitrogen and oxygen atoms in total. The normalized spacial score (nSPS) is 13.4. The van der Waals surface area contributed by atoms with Gasteiger partial charge in [0.25, 0.3) is 0 Å². The van der Waals surface area contributed by atoms with E-state index in [1.807, 2.05) is 0 Å². The Labute approximate surface area is 169 Å². The first-order chi connectivity index (χ1) is 13.2. The monoisotopic (exact) mass is 372 g/mol. The molecule has 146 valence electrons. The quantitative estimate of drug-likeness (QED) is 0.623. The van der Waals surface area contributed by atoms with Gasteiger partial charge in [0.05, 0.1) is 12.1 Å². The van der Waals surface area contributed by atoms with E-state index < -0.39 is 0 Å². The minimum absolute atomic E-state index is 0.200. The average molecular weight is 373 g/mol. The summed E-state index contributed by atoms with van der Waals surface area (Å²) >= 11 is 0. The van der Waals surface area contributed by atoms with Crippen molar-refractivity contribution in [2.45, 2.75) is 53.6 Å². The van der Waals surface area contributed by atoms with Crippen LogP contribution in [0.15, 0.2) is 48.5 Å². The van der Waals surface area contributed by atoms with Crippen LogP contribution in [-0.4, -0.2) is 0 Å². The van der Waals surface area contributed by atoms with Gasteiger partial charge in [-0.2, -0.15) is 0 Å². The first kappa shape index (κ1) is 20.3. The molecule has 0 aliphatic heterocycles. The predicted molar refractivity (Wildman–Crippen MR) is 120 cm³/mol. The average Bonchev–Trinajstić information content (AvgIpc) is 2.59. The summed E-state index contributed by atoms with van der Waals surface area (Å²) in [6, 6.07) is 16.8. The number of benzene rings is 3. The van der Waals surface area contributed by atoms with Crippen LogP contribution in [0.25, 0.3) is 0 Å². The minimum atomic E-state index is -0.200. The summed E-state index contributed by atoms with van der Waals surface area (Å²) in [6.45, 7) is 12.8. The molecule has 2 atom stereocenters. The van der Waals surface area contributed by atoms with Gasteiger partial charge in [0.15, 0.2) is 0 Å². The van der Waals surface area contributed by atoms with Crippen molar-refractivity contribution in [3.8, 4) is 0 Å². The molecule has 0 saturated carbocycles. The second kappa shape index (κ2) is 7.90. The second-order valence-electron chi connectivity index (χ2n) is 8.21. The fourth-order valence-corrected chi connectivity index (χ4v) is 4.75. The Bertz CT molecular complexity index is 888. The van der Waals surface area contributed by atoms with Gasteiger partial charge >= 0.3 is 0 Å². The van der Waals surface area contributed by atoms with E-state index in [0.29, 0.717) is 0 Å². The van der Waals surface area contributed by atoms with Gasteiger partial charge < -0.3 is 11.5 Å². The Morgan fingerprint density at radius 1 is 0.536 bits per heavy atom. The molecule has 0 heterocycles. The van der Waals surface area contributed by atoms with E-state index >= 15 is 0 Å². The zero-order chi connectivity index (χ0) is 20.6. The first-order valence-electron chi connectivity index (χ1n) is 9.96. The van der Waals surface area contributed by atoms with Gasteiger partial charge in [0.1, 0.15) is 0 Å². The Kier molecular flexibility index (Phi) is 5.74. The molecule has 0 amide bonds. The van der Waals surface area contributed by atoms with Gasteiger partial charge in [-0.25, -0.2) is 0 Å². The van der Waals surface area contributed by atoms with Crippen LogP contribution in [0.2, 0.25) is 0 Å². The van der Waals surface area contributed by atoms with Crippen molar-refractivity contribution in [2.75, 3.05) is 0 Å². The zero-order valence-electron chi connectivity index (χ0n) is 17.9. The largest absolute Gasteiger partial charge is 0.320 e. The summed E-state index contributed by atoms with van der Waals surface area (Å²) in [4.78, 5) is 0. The lowest BCUT2D eigenvalue weighted by atomic mass is 9.83. The predicted octanol–water partition coefficient (Wildman–Crippen LogP) is 5.63. The third-order valence-electron chi connectivity index (χ3n) is 5.76. The highest BCUT2D eigenvalue weighted by molar-refractivity contribution is 5.50. The smallest absolute Gasteiger partial charge is 0.0560 e. The molecule has 2 heteroatoms. The van der Waals surface area contributed by atoms with E-state index in [4.69, 9.17) is 11.5 Å². The molecule has 0 saturated heterocycles. The Hall–Kier alpha value is -2.42. The number of aryl methyl sites for hydroxylation is 6. The van der Waals surface area contributed by atoms with Crippen molar-refractivity contribution in [3.63, 3.8) is 0 Å². The Morgan fingerprint density at radius 3 is 1.11 bits per heavy atom. The first-order valence-corrected chi connectivity index (χ1v) is 9.96. The van der Waals surface area contributed by atoms with Crippen molar-refractivity contribution in [1.29, 1.82) is 0 Å². The van der Waals surface area contributed by atoms with Gasteiger partial charge in [-0.15, -0.1) is 0 Å². The van der Waals surface area contributed by atoms with Crippen LogP contribution in [0, 0.1) is 41.5 Å². The number of nitrogens with two attached hydrogens (primary N) is 2. The molecule has 0 aromatic heterocycles. The molecule has 4 N–H and O–H groups in total. The van der Waals surface area contributed by atoms with Crippen molar-refractivity contribution in [3.05, 3.63) is 104 Å². The summed E-state index contributed by atoms with van der Waals surface area (Å²) in [5.41, 5.74) is 25.7. The molecule has 3 aromatic rings. The topological polar surface area (TPSA) is 52.0 Å². The van der Waals surface area contributed by atoms with E-state index in [-0.39, 0.29) is 12.1 Å². The van der Waals surface area contributed by atoms with E-state index in [1.54, 1.807) is 0 Å². The van der Waals surface area contributed by atoms with Crippen LogP contribution in [0.4, 0.5) is 0 Å². The lowest BCUT2D eigenvalue weighted by Gasteiger charge is -2.26. The highest BCUT2D eigenvalue weighted by Crippen LogP contribution is 2.34. The molecule has 0 fully saturated rings. The Balaban J connectivity index is 2.13. The van der Waals surface area contributed by atoms with Gasteiger partial charge in [0, 0.05) is 0 Å². The molecule has 0 bridgehead atoms. The molecule has 2 unspecified atom stereocenters. The van der Waals surface area contributed by atoms with Crippen molar-refractivity contribution >= 4 is 0 Å². The van der Waals surface area contributed by atoms with E-state index in [2.05, 4.69) is 90.1 Å². The van der Waals surface area contributed by atoms with Crippen LogP contribution in [0.3, 0.4) is 0 Å². The van der Waals surface area contributed by atoms with Crippen LogP contribution in [0.1, 0.15) is 67.7 Å². The third kappa shape index (κ3) is 3.76. The summed E-state index contributed by atoms with van der Waals surface area (Å²) < 4.78 is 0. The zero-order valence-corrected chi connectivity index (χ0v) is 17.9. The van der Waals surface area contributed by atoms with Gasteiger partial charge in [0.2, 0.25) is 0 Å². The molecule has 3 rings (SSSR count). The summed E-state index contributed by atoms with van der Waals surface area (Å²) in [5.74, 6) is 0. The van der Waals surface area contributed by atoms with Crippen LogP contribution < -0.4 is 11.5 Å². The fourth-order valence-electron chi connectivity index (χ4n) is 4.75. The molecular weight excluding hydrogens is 340 g/mol. The molecular formula is C26H32N2. The van der Waals surface area contributed by atoms with Gasteiger partial charge in [-0.05, 0) is 86.1 Å². The van der Waals surface area contributed by atoms with E-state index in [9.17, 15) is 0 Å². The third-order valence-corrected chi connectivity index (χ3v) is 5.76. The molecule has 0 aliphatic rings. The maximum atomic E-state index is 6.83. The molecule has 0 radical (unpaired) electrons. The maximum absolute atomic E-state index is 6.83. The van der Waals surface area contributed by atoms with Crippen molar-refractivity contribution < 1.29 is 0 Å². The number of hydrogen-bond acceptors (Lipinski definition) is 2. The summed E-state index contributed by atoms with van der Waals surface area (Å²) in [7, 11) is 0. The highest BCUT2D eigenvalue weighted by atomic mass is 14.7. The summed E-state index contributed by atoms with van der Waals surface area (Å²) in [5, 5.41) is 0. The fraction of sp³-hybridized carbons (Fsp3) is 0.308.